The molecule has 4 N–H and O–H groups in total. The number of rotatable bonds is 19. The van der Waals surface area contributed by atoms with E-state index in [0.717, 1.165) is 53.2 Å². The van der Waals surface area contributed by atoms with Crippen molar-refractivity contribution in [2.24, 2.45) is 22.5 Å². The molecular weight excluding hydrogens is 848 g/mol. The molecule has 1 aromatic heterocycles. The van der Waals surface area contributed by atoms with E-state index in [1.165, 1.54) is 4.90 Å². The van der Waals surface area contributed by atoms with E-state index in [9.17, 15) is 24.8 Å². The van der Waals surface area contributed by atoms with Gasteiger partial charge in [0.15, 0.2) is 5.78 Å². The number of aliphatic hydroxyl groups excluding tert-OH is 1. The van der Waals surface area contributed by atoms with Crippen molar-refractivity contribution >= 4 is 40.5 Å². The fraction of sp³-hybridized carbons (Fsp3) is 0.500. The fourth-order valence-corrected chi connectivity index (χ4v) is 10.7. The van der Waals surface area contributed by atoms with Gasteiger partial charge in [-0.1, -0.05) is 87.8 Å². The molecule has 2 fully saturated rings. The smallest absolute Gasteiger partial charge is 0.243 e. The number of likely N-dealkylation sites (N-methyl/N-ethyl adjacent to an activating group) is 1. The van der Waals surface area contributed by atoms with Crippen LogP contribution in [0.2, 0.25) is 5.02 Å². The summed E-state index contributed by atoms with van der Waals surface area (Å²) in [5.41, 5.74) is 12.9. The molecule has 0 radical (unpaired) electrons. The van der Waals surface area contributed by atoms with E-state index in [2.05, 4.69) is 56.0 Å². The largest absolute Gasteiger partial charge is 0.489 e. The van der Waals surface area contributed by atoms with Gasteiger partial charge in [0.05, 0.1) is 44.9 Å². The maximum Gasteiger partial charge on any atom is 0.243 e. The number of β-amino-alcohol motifs (C(OH)–C–C–N with tert-alkyl or cyclic N) is 1. The number of likely N-dealkylation sites (tertiary alicyclic amines) is 1. The number of halogens is 1. The van der Waals surface area contributed by atoms with Gasteiger partial charge in [-0.15, -0.1) is 11.3 Å². The van der Waals surface area contributed by atoms with Crippen molar-refractivity contribution in [3.63, 3.8) is 0 Å². The Morgan fingerprint density at radius 2 is 1.75 bits per heavy atom. The molecule has 4 aromatic rings. The summed E-state index contributed by atoms with van der Waals surface area (Å²) in [6.45, 7) is 16.2. The summed E-state index contributed by atoms with van der Waals surface area (Å²) in [4.78, 5) is 49.6. The number of aryl methyl sites for hydroxylation is 1. The summed E-state index contributed by atoms with van der Waals surface area (Å²) < 4.78 is 12.4. The Hall–Kier alpha value is -4.68. The lowest BCUT2D eigenvalue weighted by atomic mass is 9.44. The van der Waals surface area contributed by atoms with Crippen LogP contribution in [0.5, 0.6) is 5.75 Å². The Bertz CT molecular complexity index is 2290. The highest BCUT2D eigenvalue weighted by molar-refractivity contribution is 7.13. The first-order valence-corrected chi connectivity index (χ1v) is 23.4. The molecule has 12 nitrogen and oxygen atoms in total. The lowest BCUT2D eigenvalue weighted by Crippen LogP contribution is -2.66. The van der Waals surface area contributed by atoms with Crippen LogP contribution in [0, 0.1) is 35.0 Å². The second-order valence-electron chi connectivity index (χ2n) is 18.8. The van der Waals surface area contributed by atoms with Crippen LogP contribution < -0.4 is 15.8 Å². The predicted molar refractivity (Wildman–Crippen MR) is 251 cm³/mol. The molecule has 0 unspecified atom stereocenters. The van der Waals surface area contributed by atoms with Gasteiger partial charge in [-0.3, -0.25) is 14.4 Å². The van der Waals surface area contributed by atoms with Gasteiger partial charge in [-0.2, -0.15) is 5.26 Å². The number of thiazole rings is 1. The average molecular weight is 912 g/mol. The monoisotopic (exact) mass is 910 g/mol. The number of nitrogens with zero attached hydrogens (tertiary/aromatic N) is 4. The lowest BCUT2D eigenvalue weighted by molar-refractivity contribution is -0.196. The first-order chi connectivity index (χ1) is 30.3. The maximum atomic E-state index is 13.6. The van der Waals surface area contributed by atoms with Gasteiger partial charge in [0, 0.05) is 61.5 Å². The quantitative estimate of drug-likeness (QED) is 0.0624. The van der Waals surface area contributed by atoms with E-state index in [1.807, 2.05) is 67.9 Å². The number of benzene rings is 3. The molecule has 3 aromatic carbocycles. The van der Waals surface area contributed by atoms with Crippen LogP contribution >= 0.6 is 22.9 Å². The third-order valence-electron chi connectivity index (χ3n) is 13.4. The SMILES string of the molecule is Cc1ncsc1-c1ccc([C@H](C)NC(=O)[C@@H]2C[C@@H](O)CN2C(=O)[C@@H](N)[C@@H](C)OCCCN(C)CCc2ccc(C(=O)CC3C(C)(C)C(Oc4ccc(C#N)c(Cl)c4)C3(C)C)cc2)cc1. The summed E-state index contributed by atoms with van der Waals surface area (Å²) in [6, 6.07) is 20.9. The number of ether oxygens (including phenoxy) is 2. The van der Waals surface area contributed by atoms with E-state index in [-0.39, 0.29) is 53.5 Å². The number of aromatic nitrogens is 1. The van der Waals surface area contributed by atoms with Crippen LogP contribution in [0.1, 0.15) is 99.6 Å². The normalized spacial score (nSPS) is 21.4. The summed E-state index contributed by atoms with van der Waals surface area (Å²) in [5, 5.41) is 23.1. The van der Waals surface area contributed by atoms with Crippen LogP contribution in [-0.4, -0.2) is 101 Å². The number of hydrogen-bond donors (Lipinski definition) is 3. The molecule has 6 rings (SSSR count). The third kappa shape index (κ3) is 11.0. The van der Waals surface area contributed by atoms with Crippen molar-refractivity contribution in [2.45, 2.75) is 111 Å². The minimum atomic E-state index is -0.994. The number of carbonyl (C=O) groups is 3. The summed E-state index contributed by atoms with van der Waals surface area (Å²) >= 11 is 7.84. The van der Waals surface area contributed by atoms with E-state index < -0.39 is 30.2 Å². The number of Topliss-reactive ketones (excluding diaryl/α,β-unsaturated/α-hetero) is 1. The third-order valence-corrected chi connectivity index (χ3v) is 14.7. The van der Waals surface area contributed by atoms with Crippen LogP contribution in [-0.2, 0) is 20.7 Å². The molecular formula is C50H63ClN6O6S. The number of nitrogens with one attached hydrogen (secondary N) is 1. The molecule has 64 heavy (non-hydrogen) atoms. The van der Waals surface area contributed by atoms with Gasteiger partial charge in [-0.25, -0.2) is 4.98 Å². The molecule has 2 aliphatic rings. The van der Waals surface area contributed by atoms with Gasteiger partial charge in [0.1, 0.15) is 30.0 Å². The minimum absolute atomic E-state index is 0.0331. The number of aliphatic hydroxyl groups is 1. The van der Waals surface area contributed by atoms with E-state index in [0.29, 0.717) is 34.9 Å². The molecule has 0 spiro atoms. The molecule has 14 heteroatoms. The Kier molecular flexibility index (Phi) is 15.7. The second-order valence-corrected chi connectivity index (χ2v) is 20.1. The summed E-state index contributed by atoms with van der Waals surface area (Å²) in [7, 11) is 2.05. The molecule has 1 saturated heterocycles. The molecule has 2 amide bonds. The number of nitrogens with two attached hydrogens (primary N) is 1. The molecule has 1 aliphatic heterocycles. The lowest BCUT2D eigenvalue weighted by Gasteiger charge is -2.63. The minimum Gasteiger partial charge on any atom is -0.489 e. The van der Waals surface area contributed by atoms with Crippen LogP contribution in [0.4, 0.5) is 0 Å². The van der Waals surface area contributed by atoms with E-state index in [4.69, 9.17) is 26.8 Å². The average Bonchev–Trinajstić information content (AvgIpc) is 3.89. The highest BCUT2D eigenvalue weighted by Gasteiger charge is 2.63. The van der Waals surface area contributed by atoms with Crippen molar-refractivity contribution in [1.82, 2.24) is 20.1 Å². The molecule has 5 atom stereocenters. The van der Waals surface area contributed by atoms with Crippen molar-refractivity contribution < 1.29 is 29.0 Å². The van der Waals surface area contributed by atoms with E-state index >= 15 is 0 Å². The van der Waals surface area contributed by atoms with E-state index in [1.54, 1.807) is 36.5 Å². The number of amides is 2. The highest BCUT2D eigenvalue weighted by Crippen LogP contribution is 2.61. The Morgan fingerprint density at radius 1 is 1.06 bits per heavy atom. The Balaban J connectivity index is 0.898. The van der Waals surface area contributed by atoms with Crippen molar-refractivity contribution in [3.05, 3.63) is 105 Å². The first-order valence-electron chi connectivity index (χ1n) is 22.1. The molecule has 2 heterocycles. The van der Waals surface area contributed by atoms with Crippen LogP contribution in [0.3, 0.4) is 0 Å². The van der Waals surface area contributed by atoms with Crippen LogP contribution in [0.15, 0.2) is 72.2 Å². The van der Waals surface area contributed by atoms with Gasteiger partial charge in [0.25, 0.3) is 0 Å². The first kappa shape index (κ1) is 48.8. The van der Waals surface area contributed by atoms with Crippen molar-refractivity contribution in [2.75, 3.05) is 33.3 Å². The maximum absolute atomic E-state index is 13.6. The summed E-state index contributed by atoms with van der Waals surface area (Å²) in [5.74, 6) is 0.0758. The predicted octanol–water partition coefficient (Wildman–Crippen LogP) is 7.78. The van der Waals surface area contributed by atoms with Gasteiger partial charge in [0.2, 0.25) is 11.8 Å². The number of ketones is 1. The zero-order chi connectivity index (χ0) is 46.5. The molecule has 1 aliphatic carbocycles. The topological polar surface area (TPSA) is 171 Å². The molecule has 1 saturated carbocycles. The zero-order valence-corrected chi connectivity index (χ0v) is 39.8. The molecule has 342 valence electrons. The zero-order valence-electron chi connectivity index (χ0n) is 38.3. The summed E-state index contributed by atoms with van der Waals surface area (Å²) in [6.07, 6.45) is 0.549. The number of nitriles is 1. The Morgan fingerprint density at radius 3 is 2.38 bits per heavy atom. The Labute approximate surface area is 387 Å². The second kappa shape index (κ2) is 20.7. The molecule has 0 bridgehead atoms. The van der Waals surface area contributed by atoms with Crippen LogP contribution in [0.25, 0.3) is 10.4 Å². The standard InChI is InChI=1S/C50H63ClN6O6S/c1-30(34-14-16-36(17-15-34)45-31(2)54-29-64-45)55-46(60)41-24-38(58)28-57(41)47(61)44(53)32(3)62-23-9-21-56(8)22-20-33-10-12-35(13-11-33)42(59)26-43-49(4,5)48(50(43,6)7)63-39-19-18-37(27-52)40(51)25-39/h10-19,25,29-30,32,38,41,43-44,48,58H,9,20-24,26,28,53H2,1-8H3,(H,55,60)/t30-,32+,38+,41-,43?,44-,48?/m0/s1. The van der Waals surface area contributed by atoms with Gasteiger partial charge >= 0.3 is 0 Å². The van der Waals surface area contributed by atoms with Crippen molar-refractivity contribution in [3.8, 4) is 22.3 Å². The number of carbonyl (C=O) groups excluding carboxylic acids is 3. The fourth-order valence-electron chi connectivity index (χ4n) is 9.71. The highest BCUT2D eigenvalue weighted by atomic mass is 35.5. The van der Waals surface area contributed by atoms with Gasteiger partial charge < -0.3 is 35.4 Å². The number of hydrogen-bond acceptors (Lipinski definition) is 11. The van der Waals surface area contributed by atoms with Crippen molar-refractivity contribution in [1.29, 1.82) is 5.26 Å². The van der Waals surface area contributed by atoms with Gasteiger partial charge in [-0.05, 0) is 75.4 Å².